The van der Waals surface area contributed by atoms with E-state index < -0.39 is 11.6 Å². The number of carboxylic acid groups (broad SMARTS) is 1. The molecular weight excluding hydrogens is 236 g/mol. The van der Waals surface area contributed by atoms with Crippen molar-refractivity contribution >= 4 is 17.3 Å². The van der Waals surface area contributed by atoms with Crippen molar-refractivity contribution < 1.29 is 15.0 Å². The third-order valence-corrected chi connectivity index (χ3v) is 2.57. The molecule has 2 rings (SSSR count). The van der Waals surface area contributed by atoms with Crippen molar-refractivity contribution in [2.24, 2.45) is 0 Å². The summed E-state index contributed by atoms with van der Waals surface area (Å²) in [6.07, 6.45) is 3.25. The van der Waals surface area contributed by atoms with Gasteiger partial charge in [-0.3, -0.25) is 0 Å². The molecule has 0 radical (unpaired) electrons. The largest absolute Gasteiger partial charge is 0.479 e. The van der Waals surface area contributed by atoms with Crippen LogP contribution in [0, 0.1) is 6.92 Å². The van der Waals surface area contributed by atoms with Gasteiger partial charge in [-0.1, -0.05) is 0 Å². The quantitative estimate of drug-likeness (QED) is 0.721. The van der Waals surface area contributed by atoms with Gasteiger partial charge < -0.3 is 15.5 Å². The normalized spacial score (nSPS) is 14.4. The first-order chi connectivity index (χ1) is 8.40. The van der Waals surface area contributed by atoms with Crippen molar-refractivity contribution in [3.8, 4) is 0 Å². The second-order valence-corrected chi connectivity index (χ2v) is 4.32. The van der Waals surface area contributed by atoms with E-state index in [4.69, 9.17) is 5.11 Å². The number of fused-ring (bicyclic) bond motifs is 1. The molecule has 0 bridgehead atoms. The minimum Gasteiger partial charge on any atom is -0.479 e. The number of aliphatic hydroxyl groups is 1. The number of carbonyl (C=O) groups is 1. The highest BCUT2D eigenvalue weighted by Crippen LogP contribution is 2.15. The van der Waals surface area contributed by atoms with Crippen LogP contribution in [0.2, 0.25) is 0 Å². The summed E-state index contributed by atoms with van der Waals surface area (Å²) in [5, 5.41) is 25.5. The van der Waals surface area contributed by atoms with Crippen LogP contribution >= 0.6 is 0 Å². The van der Waals surface area contributed by atoms with E-state index in [-0.39, 0.29) is 6.54 Å². The van der Waals surface area contributed by atoms with Crippen molar-refractivity contribution in [3.63, 3.8) is 0 Å². The molecule has 18 heavy (non-hydrogen) atoms. The lowest BCUT2D eigenvalue weighted by molar-refractivity contribution is -0.155. The molecule has 7 heteroatoms. The second kappa shape index (κ2) is 4.26. The molecule has 0 spiro atoms. The van der Waals surface area contributed by atoms with Gasteiger partial charge in [0.15, 0.2) is 11.4 Å². The third-order valence-electron chi connectivity index (χ3n) is 2.57. The Morgan fingerprint density at radius 1 is 1.61 bits per heavy atom. The van der Waals surface area contributed by atoms with Crippen molar-refractivity contribution in [2.75, 3.05) is 11.9 Å². The Morgan fingerprint density at radius 3 is 3.00 bits per heavy atom. The monoisotopic (exact) mass is 250 g/mol. The zero-order valence-corrected chi connectivity index (χ0v) is 10.1. The maximum absolute atomic E-state index is 10.8. The molecule has 0 saturated heterocycles. The summed E-state index contributed by atoms with van der Waals surface area (Å²) in [4.78, 5) is 14.9. The van der Waals surface area contributed by atoms with E-state index in [0.717, 1.165) is 11.2 Å². The molecule has 7 nitrogen and oxygen atoms in total. The number of nitrogens with zero attached hydrogens (tertiary/aromatic N) is 3. The van der Waals surface area contributed by atoms with Crippen LogP contribution < -0.4 is 5.32 Å². The lowest BCUT2D eigenvalue weighted by Crippen LogP contribution is -2.42. The number of aryl methyl sites for hydroxylation is 1. The van der Waals surface area contributed by atoms with Crippen molar-refractivity contribution in [1.82, 2.24) is 14.6 Å². The molecule has 0 aliphatic carbocycles. The van der Waals surface area contributed by atoms with E-state index in [9.17, 15) is 9.90 Å². The average molecular weight is 250 g/mol. The van der Waals surface area contributed by atoms with Gasteiger partial charge in [0.05, 0.1) is 12.2 Å². The highest BCUT2D eigenvalue weighted by atomic mass is 16.4. The van der Waals surface area contributed by atoms with Gasteiger partial charge in [0, 0.05) is 12.4 Å². The first-order valence-corrected chi connectivity index (χ1v) is 5.41. The summed E-state index contributed by atoms with van der Waals surface area (Å²) in [5.41, 5.74) is -0.281. The fourth-order valence-corrected chi connectivity index (χ4v) is 1.51. The molecule has 0 saturated carbocycles. The molecule has 96 valence electrons. The lowest BCUT2D eigenvalue weighted by atomic mass is 10.1. The number of hydrogen-bond acceptors (Lipinski definition) is 5. The summed E-state index contributed by atoms with van der Waals surface area (Å²) in [6.45, 7) is 2.94. The first kappa shape index (κ1) is 12.3. The van der Waals surface area contributed by atoms with Gasteiger partial charge in [-0.25, -0.2) is 14.3 Å². The Hall–Kier alpha value is -2.15. The van der Waals surface area contributed by atoms with Gasteiger partial charge >= 0.3 is 5.97 Å². The SMILES string of the molecule is Cc1cc2c(NCC(C)(O)C(=O)O)nccn2n1. The Labute approximate surface area is 103 Å². The number of nitrogens with one attached hydrogen (secondary N) is 1. The van der Waals surface area contributed by atoms with Crippen molar-refractivity contribution in [3.05, 3.63) is 24.2 Å². The maximum atomic E-state index is 10.8. The van der Waals surface area contributed by atoms with Crippen LogP contribution in [0.4, 0.5) is 5.82 Å². The molecule has 1 atom stereocenters. The number of anilines is 1. The summed E-state index contributed by atoms with van der Waals surface area (Å²) in [7, 11) is 0. The van der Waals surface area contributed by atoms with Crippen LogP contribution in [-0.4, -0.2) is 42.9 Å². The van der Waals surface area contributed by atoms with Gasteiger partial charge in [-0.05, 0) is 19.9 Å². The van der Waals surface area contributed by atoms with E-state index in [1.807, 2.05) is 13.0 Å². The molecule has 0 aliphatic heterocycles. The van der Waals surface area contributed by atoms with Gasteiger partial charge in [0.25, 0.3) is 0 Å². The number of rotatable bonds is 4. The van der Waals surface area contributed by atoms with E-state index in [2.05, 4.69) is 15.4 Å². The summed E-state index contributed by atoms with van der Waals surface area (Å²) in [6, 6.07) is 1.82. The van der Waals surface area contributed by atoms with Gasteiger partial charge in [0.2, 0.25) is 0 Å². The number of carboxylic acids is 1. The van der Waals surface area contributed by atoms with Gasteiger partial charge in [0.1, 0.15) is 5.52 Å². The standard InChI is InChI=1S/C11H14N4O3/c1-7-5-8-9(12-3-4-15(8)14-7)13-6-11(2,18)10(16)17/h3-5,18H,6H2,1-2H3,(H,12,13)(H,16,17). The zero-order valence-electron chi connectivity index (χ0n) is 10.1. The topological polar surface area (TPSA) is 99.8 Å². The zero-order chi connectivity index (χ0) is 13.3. The van der Waals surface area contributed by atoms with Gasteiger partial charge in [-0.15, -0.1) is 0 Å². The minimum absolute atomic E-state index is 0.140. The fourth-order valence-electron chi connectivity index (χ4n) is 1.51. The van der Waals surface area contributed by atoms with Gasteiger partial charge in [-0.2, -0.15) is 5.10 Å². The molecule has 0 aromatic carbocycles. The molecular formula is C11H14N4O3. The van der Waals surface area contributed by atoms with Crippen LogP contribution in [0.15, 0.2) is 18.5 Å². The molecule has 2 heterocycles. The Balaban J connectivity index is 2.25. The molecule has 0 aliphatic rings. The average Bonchev–Trinajstić information content (AvgIpc) is 2.66. The molecule has 2 aromatic rings. The Kier molecular flexibility index (Phi) is 2.92. The predicted molar refractivity (Wildman–Crippen MR) is 64.5 cm³/mol. The summed E-state index contributed by atoms with van der Waals surface area (Å²) >= 11 is 0. The summed E-state index contributed by atoms with van der Waals surface area (Å²) < 4.78 is 1.64. The van der Waals surface area contributed by atoms with Crippen LogP contribution in [0.25, 0.3) is 5.52 Å². The van der Waals surface area contributed by atoms with Crippen LogP contribution in [-0.2, 0) is 4.79 Å². The molecule has 1 unspecified atom stereocenters. The third kappa shape index (κ3) is 2.25. The van der Waals surface area contributed by atoms with Crippen LogP contribution in [0.1, 0.15) is 12.6 Å². The maximum Gasteiger partial charge on any atom is 0.337 e. The Bertz CT molecular complexity index is 591. The number of aromatic nitrogens is 3. The first-order valence-electron chi connectivity index (χ1n) is 5.41. The van der Waals surface area contributed by atoms with E-state index in [1.54, 1.807) is 16.9 Å². The van der Waals surface area contributed by atoms with Crippen molar-refractivity contribution in [1.29, 1.82) is 0 Å². The molecule has 0 amide bonds. The number of hydrogen-bond donors (Lipinski definition) is 3. The van der Waals surface area contributed by atoms with Crippen LogP contribution in [0.3, 0.4) is 0 Å². The smallest absolute Gasteiger partial charge is 0.337 e. The lowest BCUT2D eigenvalue weighted by Gasteiger charge is -2.18. The van der Waals surface area contributed by atoms with Crippen molar-refractivity contribution in [2.45, 2.75) is 19.4 Å². The highest BCUT2D eigenvalue weighted by molar-refractivity contribution is 5.78. The molecule has 2 aromatic heterocycles. The highest BCUT2D eigenvalue weighted by Gasteiger charge is 2.29. The molecule has 3 N–H and O–H groups in total. The van der Waals surface area contributed by atoms with Crippen LogP contribution in [0.5, 0.6) is 0 Å². The number of aliphatic carboxylic acids is 1. The molecule has 0 fully saturated rings. The fraction of sp³-hybridized carbons (Fsp3) is 0.364. The van der Waals surface area contributed by atoms with E-state index >= 15 is 0 Å². The Morgan fingerprint density at radius 2 is 2.33 bits per heavy atom. The second-order valence-electron chi connectivity index (χ2n) is 4.32. The summed E-state index contributed by atoms with van der Waals surface area (Å²) in [5.74, 6) is -0.800. The predicted octanol–water partition coefficient (Wildman–Crippen LogP) is 0.285. The minimum atomic E-state index is -1.84. The van der Waals surface area contributed by atoms with E-state index in [1.165, 1.54) is 6.92 Å². The van der Waals surface area contributed by atoms with E-state index in [0.29, 0.717) is 5.82 Å².